The summed E-state index contributed by atoms with van der Waals surface area (Å²) in [5.74, 6) is 0.144. The minimum absolute atomic E-state index is 0.101. The molecule has 1 rings (SSSR count). The summed E-state index contributed by atoms with van der Waals surface area (Å²) in [5.41, 5.74) is 0. The number of hydrogen-bond donors (Lipinski definition) is 1. The Labute approximate surface area is 90.9 Å². The number of alkyl halides is 3. The summed E-state index contributed by atoms with van der Waals surface area (Å²) < 4.78 is 41.2. The summed E-state index contributed by atoms with van der Waals surface area (Å²) in [6.45, 7) is 3.34. The van der Waals surface area contributed by atoms with E-state index >= 15 is 0 Å². The lowest BCUT2D eigenvalue weighted by Crippen LogP contribution is -2.31. The summed E-state index contributed by atoms with van der Waals surface area (Å²) in [4.78, 5) is 7.59. The second-order valence-corrected chi connectivity index (χ2v) is 3.05. The molecule has 1 atom stereocenters. The number of nitrogens with zero attached hydrogens (tertiary/aromatic N) is 2. The first-order valence-electron chi connectivity index (χ1n) is 4.73. The Balaban J connectivity index is 2.70. The molecule has 1 N–H and O–H groups in total. The number of halogens is 3. The van der Waals surface area contributed by atoms with Gasteiger partial charge in [-0.05, 0) is 13.8 Å². The second-order valence-electron chi connectivity index (χ2n) is 3.05. The van der Waals surface area contributed by atoms with Crippen LogP contribution >= 0.6 is 0 Å². The molecule has 4 nitrogen and oxygen atoms in total. The molecular formula is C9H12F3N3O. The maximum atomic E-state index is 12.2. The molecule has 0 saturated carbocycles. The Kier molecular flexibility index (Phi) is 3.92. The fourth-order valence-electron chi connectivity index (χ4n) is 0.899. The van der Waals surface area contributed by atoms with Crippen molar-refractivity contribution in [3.63, 3.8) is 0 Å². The molecule has 1 heterocycles. The average molecular weight is 235 g/mol. The number of rotatable bonds is 4. The fraction of sp³-hybridized carbons (Fsp3) is 0.556. The smallest absolute Gasteiger partial charge is 0.425 e. The highest BCUT2D eigenvalue weighted by atomic mass is 19.4. The molecule has 0 spiro atoms. The minimum Gasteiger partial charge on any atom is -0.465 e. The van der Waals surface area contributed by atoms with Crippen LogP contribution < -0.4 is 10.1 Å². The Morgan fingerprint density at radius 2 is 2.19 bits per heavy atom. The van der Waals surface area contributed by atoms with Gasteiger partial charge in [0.2, 0.25) is 11.8 Å². The van der Waals surface area contributed by atoms with Gasteiger partial charge in [0.1, 0.15) is 0 Å². The molecule has 0 saturated heterocycles. The molecule has 0 aliphatic carbocycles. The second kappa shape index (κ2) is 5.00. The van der Waals surface area contributed by atoms with E-state index in [-0.39, 0.29) is 11.8 Å². The van der Waals surface area contributed by atoms with E-state index in [1.165, 1.54) is 12.3 Å². The first-order valence-corrected chi connectivity index (χ1v) is 4.73. The number of aromatic nitrogens is 2. The van der Waals surface area contributed by atoms with Gasteiger partial charge in [0.25, 0.3) is 0 Å². The highest BCUT2D eigenvalue weighted by Gasteiger charge is 2.38. The van der Waals surface area contributed by atoms with E-state index in [1.54, 1.807) is 0 Å². The summed E-state index contributed by atoms with van der Waals surface area (Å²) in [5, 5.41) is 2.78. The van der Waals surface area contributed by atoms with Gasteiger partial charge in [-0.2, -0.15) is 18.2 Å². The molecule has 1 aromatic rings. The Morgan fingerprint density at radius 3 is 2.75 bits per heavy atom. The normalized spacial score (nSPS) is 13.3. The van der Waals surface area contributed by atoms with Crippen molar-refractivity contribution in [2.24, 2.45) is 0 Å². The molecule has 90 valence electrons. The molecule has 0 amide bonds. The van der Waals surface area contributed by atoms with Crippen LogP contribution in [0.15, 0.2) is 12.3 Å². The van der Waals surface area contributed by atoms with Gasteiger partial charge in [-0.15, -0.1) is 0 Å². The van der Waals surface area contributed by atoms with E-state index in [0.29, 0.717) is 6.54 Å². The molecule has 1 unspecified atom stereocenters. The van der Waals surface area contributed by atoms with Crippen molar-refractivity contribution in [2.75, 3.05) is 11.9 Å². The average Bonchev–Trinajstić information content (AvgIpc) is 2.17. The van der Waals surface area contributed by atoms with Crippen LogP contribution in [0, 0.1) is 0 Å². The lowest BCUT2D eigenvalue weighted by atomic mass is 10.4. The Morgan fingerprint density at radius 1 is 1.50 bits per heavy atom. The molecule has 0 fully saturated rings. The van der Waals surface area contributed by atoms with Crippen molar-refractivity contribution < 1.29 is 17.9 Å². The highest BCUT2D eigenvalue weighted by molar-refractivity contribution is 5.27. The molecule has 1 aromatic heterocycles. The zero-order valence-electron chi connectivity index (χ0n) is 8.88. The monoisotopic (exact) mass is 235 g/mol. The van der Waals surface area contributed by atoms with E-state index in [1.807, 2.05) is 6.92 Å². The van der Waals surface area contributed by atoms with Crippen LogP contribution in [0.5, 0.6) is 5.88 Å². The van der Waals surface area contributed by atoms with Gasteiger partial charge >= 0.3 is 6.18 Å². The van der Waals surface area contributed by atoms with Crippen LogP contribution in [-0.4, -0.2) is 28.8 Å². The van der Waals surface area contributed by atoms with Gasteiger partial charge in [-0.3, -0.25) is 0 Å². The minimum atomic E-state index is -4.40. The third kappa shape index (κ3) is 3.56. The van der Waals surface area contributed by atoms with Crippen LogP contribution in [0.25, 0.3) is 0 Å². The molecule has 16 heavy (non-hydrogen) atoms. The highest BCUT2D eigenvalue weighted by Crippen LogP contribution is 2.23. The molecule has 0 bridgehead atoms. The number of nitrogens with one attached hydrogen (secondary N) is 1. The number of hydrogen-bond acceptors (Lipinski definition) is 4. The largest absolute Gasteiger partial charge is 0.465 e. The van der Waals surface area contributed by atoms with E-state index in [2.05, 4.69) is 20.0 Å². The maximum Gasteiger partial charge on any atom is 0.425 e. The maximum absolute atomic E-state index is 12.2. The van der Waals surface area contributed by atoms with Gasteiger partial charge in [0.05, 0.1) is 0 Å². The lowest BCUT2D eigenvalue weighted by molar-refractivity contribution is -0.189. The molecule has 0 radical (unpaired) electrons. The van der Waals surface area contributed by atoms with Crippen molar-refractivity contribution in [3.05, 3.63) is 12.3 Å². The summed E-state index contributed by atoms with van der Waals surface area (Å²) in [6.07, 6.45) is -4.95. The van der Waals surface area contributed by atoms with Crippen LogP contribution in [0.2, 0.25) is 0 Å². The summed E-state index contributed by atoms with van der Waals surface area (Å²) >= 11 is 0. The van der Waals surface area contributed by atoms with Gasteiger partial charge in [-0.1, -0.05) is 0 Å². The SMILES string of the molecule is CCNc1nccc(OC(C)C(F)(F)F)n1. The van der Waals surface area contributed by atoms with Crippen molar-refractivity contribution in [3.8, 4) is 5.88 Å². The predicted octanol–water partition coefficient (Wildman–Crippen LogP) is 2.24. The van der Waals surface area contributed by atoms with E-state index in [9.17, 15) is 13.2 Å². The predicted molar refractivity (Wildman–Crippen MR) is 52.3 cm³/mol. The molecule has 0 aliphatic rings. The number of anilines is 1. The fourth-order valence-corrected chi connectivity index (χ4v) is 0.899. The lowest BCUT2D eigenvalue weighted by Gasteiger charge is -2.16. The van der Waals surface area contributed by atoms with Crippen LogP contribution in [0.1, 0.15) is 13.8 Å². The van der Waals surface area contributed by atoms with Crippen molar-refractivity contribution in [1.82, 2.24) is 9.97 Å². The quantitative estimate of drug-likeness (QED) is 0.869. The molecule has 7 heteroatoms. The standard InChI is InChI=1S/C9H12F3N3O/c1-3-13-8-14-5-4-7(15-8)16-6(2)9(10,11)12/h4-6H,3H2,1-2H3,(H,13,14,15). The van der Waals surface area contributed by atoms with E-state index < -0.39 is 12.3 Å². The molecule has 0 aromatic carbocycles. The Bertz CT molecular complexity index is 343. The Hall–Kier alpha value is -1.53. The topological polar surface area (TPSA) is 47.0 Å². The van der Waals surface area contributed by atoms with E-state index in [0.717, 1.165) is 6.92 Å². The van der Waals surface area contributed by atoms with Gasteiger partial charge < -0.3 is 10.1 Å². The molecular weight excluding hydrogens is 223 g/mol. The van der Waals surface area contributed by atoms with Crippen molar-refractivity contribution in [1.29, 1.82) is 0 Å². The first kappa shape index (κ1) is 12.5. The molecule has 0 aliphatic heterocycles. The zero-order valence-corrected chi connectivity index (χ0v) is 8.88. The first-order chi connectivity index (χ1) is 7.43. The van der Waals surface area contributed by atoms with Crippen molar-refractivity contribution in [2.45, 2.75) is 26.1 Å². The van der Waals surface area contributed by atoms with Gasteiger partial charge in [0.15, 0.2) is 6.10 Å². The summed E-state index contributed by atoms with van der Waals surface area (Å²) in [6, 6.07) is 1.28. The zero-order chi connectivity index (χ0) is 12.2. The van der Waals surface area contributed by atoms with Gasteiger partial charge in [-0.25, -0.2) is 4.98 Å². The third-order valence-electron chi connectivity index (χ3n) is 1.72. The summed E-state index contributed by atoms with van der Waals surface area (Å²) in [7, 11) is 0. The van der Waals surface area contributed by atoms with Crippen LogP contribution in [0.4, 0.5) is 19.1 Å². The number of ether oxygens (including phenoxy) is 1. The van der Waals surface area contributed by atoms with Crippen LogP contribution in [-0.2, 0) is 0 Å². The van der Waals surface area contributed by atoms with Crippen molar-refractivity contribution >= 4 is 5.95 Å². The van der Waals surface area contributed by atoms with Crippen LogP contribution in [0.3, 0.4) is 0 Å². The third-order valence-corrected chi connectivity index (χ3v) is 1.72. The van der Waals surface area contributed by atoms with Gasteiger partial charge in [0, 0.05) is 18.8 Å². The van der Waals surface area contributed by atoms with E-state index in [4.69, 9.17) is 0 Å².